The van der Waals surface area contributed by atoms with Crippen LogP contribution in [-0.4, -0.2) is 80.6 Å². The Morgan fingerprint density at radius 3 is 2.50 bits per heavy atom. The maximum Gasteiger partial charge on any atom is 0.241 e. The first kappa shape index (κ1) is 18.5. The molecule has 0 bridgehead atoms. The van der Waals surface area contributed by atoms with Crippen molar-refractivity contribution in [3.63, 3.8) is 0 Å². The van der Waals surface area contributed by atoms with Crippen LogP contribution in [0.15, 0.2) is 18.2 Å². The molecule has 1 fully saturated rings. The first-order valence-electron chi connectivity index (χ1n) is 8.94. The molecular weight excluding hydrogens is 336 g/mol. The molecule has 3 rings (SSSR count). The van der Waals surface area contributed by atoms with Crippen LogP contribution in [-0.2, 0) is 9.59 Å². The summed E-state index contributed by atoms with van der Waals surface area (Å²) in [5.41, 5.74) is 0.698. The Hall–Kier alpha value is -2.32. The Morgan fingerprint density at radius 1 is 1.12 bits per heavy atom. The van der Waals surface area contributed by atoms with E-state index >= 15 is 0 Å². The van der Waals surface area contributed by atoms with Gasteiger partial charge < -0.3 is 20.1 Å². The number of ether oxygens (including phenoxy) is 2. The average molecular weight is 362 g/mol. The topological polar surface area (TPSA) is 83.1 Å². The van der Waals surface area contributed by atoms with E-state index in [-0.39, 0.29) is 17.9 Å². The number of carbonyl (C=O) groups is 2. The predicted octanol–water partition coefficient (Wildman–Crippen LogP) is 0.148. The maximum absolute atomic E-state index is 12.6. The summed E-state index contributed by atoms with van der Waals surface area (Å²) in [6.07, 6.45) is 0. The lowest BCUT2D eigenvalue weighted by Crippen LogP contribution is -2.54. The molecule has 8 heteroatoms. The van der Waals surface area contributed by atoms with Gasteiger partial charge in [0.05, 0.1) is 12.6 Å². The van der Waals surface area contributed by atoms with Crippen LogP contribution in [0.25, 0.3) is 0 Å². The van der Waals surface area contributed by atoms with Gasteiger partial charge in [0.25, 0.3) is 0 Å². The minimum Gasteiger partial charge on any atom is -0.486 e. The number of likely N-dealkylation sites (N-methyl/N-ethyl adjacent to an activating group) is 1. The van der Waals surface area contributed by atoms with Crippen LogP contribution in [0.3, 0.4) is 0 Å². The van der Waals surface area contributed by atoms with Gasteiger partial charge in [-0.3, -0.25) is 19.4 Å². The Kier molecular flexibility index (Phi) is 5.95. The van der Waals surface area contributed by atoms with Crippen LogP contribution in [0.1, 0.15) is 6.92 Å². The van der Waals surface area contributed by atoms with Gasteiger partial charge in [-0.15, -0.1) is 0 Å². The maximum atomic E-state index is 12.6. The van der Waals surface area contributed by atoms with Gasteiger partial charge in [0.15, 0.2) is 11.5 Å². The molecular formula is C18H26N4O4. The summed E-state index contributed by atoms with van der Waals surface area (Å²) in [5, 5.41) is 5.58. The summed E-state index contributed by atoms with van der Waals surface area (Å²) in [5.74, 6) is 1.32. The van der Waals surface area contributed by atoms with Crippen molar-refractivity contribution in [3.8, 4) is 11.5 Å². The number of carbonyl (C=O) groups excluding carboxylic acids is 2. The van der Waals surface area contributed by atoms with E-state index in [1.807, 2.05) is 19.1 Å². The van der Waals surface area contributed by atoms with E-state index in [0.29, 0.717) is 36.9 Å². The number of nitrogens with one attached hydrogen (secondary N) is 2. The van der Waals surface area contributed by atoms with Gasteiger partial charge in [-0.05, 0) is 19.1 Å². The molecule has 2 aliphatic heterocycles. The molecule has 1 atom stereocenters. The van der Waals surface area contributed by atoms with Gasteiger partial charge in [-0.2, -0.15) is 0 Å². The summed E-state index contributed by atoms with van der Waals surface area (Å²) in [7, 11) is 1.64. The van der Waals surface area contributed by atoms with E-state index in [0.717, 1.165) is 26.2 Å². The van der Waals surface area contributed by atoms with Crippen molar-refractivity contribution in [1.29, 1.82) is 0 Å². The number of rotatable bonds is 5. The molecule has 0 radical (unpaired) electrons. The molecule has 0 aliphatic carbocycles. The molecule has 26 heavy (non-hydrogen) atoms. The molecule has 0 spiro atoms. The van der Waals surface area contributed by atoms with E-state index in [1.165, 1.54) is 0 Å². The van der Waals surface area contributed by atoms with Gasteiger partial charge in [0.1, 0.15) is 13.2 Å². The fourth-order valence-corrected chi connectivity index (χ4v) is 3.12. The number of hydrogen-bond acceptors (Lipinski definition) is 6. The zero-order valence-corrected chi connectivity index (χ0v) is 15.3. The SMILES string of the molecule is CNC(=O)CN1CCN([C@H](C)C(=O)Nc2ccc3c(c2)OCCO3)CC1. The quantitative estimate of drug-likeness (QED) is 0.776. The van der Waals surface area contributed by atoms with Crippen LogP contribution >= 0.6 is 0 Å². The smallest absolute Gasteiger partial charge is 0.241 e. The van der Waals surface area contributed by atoms with Crippen molar-refractivity contribution in [2.24, 2.45) is 0 Å². The molecule has 142 valence electrons. The predicted molar refractivity (Wildman–Crippen MR) is 97.6 cm³/mol. The van der Waals surface area contributed by atoms with E-state index in [1.54, 1.807) is 13.1 Å². The summed E-state index contributed by atoms with van der Waals surface area (Å²) in [4.78, 5) is 28.3. The first-order valence-corrected chi connectivity index (χ1v) is 8.94. The lowest BCUT2D eigenvalue weighted by molar-refractivity contribution is -0.124. The number of amides is 2. The second kappa shape index (κ2) is 8.37. The first-order chi connectivity index (χ1) is 12.6. The van der Waals surface area contributed by atoms with Crippen LogP contribution in [0.4, 0.5) is 5.69 Å². The minimum atomic E-state index is -0.245. The van der Waals surface area contributed by atoms with Gasteiger partial charge in [0.2, 0.25) is 11.8 Å². The van der Waals surface area contributed by atoms with Gasteiger partial charge in [0, 0.05) is 45.0 Å². The van der Waals surface area contributed by atoms with Crippen molar-refractivity contribution in [2.75, 3.05) is 58.3 Å². The zero-order valence-electron chi connectivity index (χ0n) is 15.3. The Balaban J connectivity index is 1.51. The third-order valence-electron chi connectivity index (χ3n) is 4.79. The number of hydrogen-bond donors (Lipinski definition) is 2. The number of fused-ring (bicyclic) bond motifs is 1. The van der Waals surface area contributed by atoms with E-state index in [9.17, 15) is 9.59 Å². The Bertz CT molecular complexity index is 659. The molecule has 1 saturated heterocycles. The van der Waals surface area contributed by atoms with Crippen molar-refractivity contribution in [3.05, 3.63) is 18.2 Å². The number of piperazine rings is 1. The van der Waals surface area contributed by atoms with Crippen LogP contribution in [0.2, 0.25) is 0 Å². The van der Waals surface area contributed by atoms with E-state index in [2.05, 4.69) is 20.4 Å². The molecule has 1 aromatic rings. The molecule has 0 aromatic heterocycles. The molecule has 0 unspecified atom stereocenters. The summed E-state index contributed by atoms with van der Waals surface area (Å²) >= 11 is 0. The molecule has 2 heterocycles. The highest BCUT2D eigenvalue weighted by atomic mass is 16.6. The second-order valence-electron chi connectivity index (χ2n) is 6.51. The number of benzene rings is 1. The van der Waals surface area contributed by atoms with Crippen LogP contribution in [0, 0.1) is 0 Å². The standard InChI is InChI=1S/C18H26N4O4/c1-13(22-7-5-21(6-8-22)12-17(23)19-2)18(24)20-14-3-4-15-16(11-14)26-10-9-25-15/h3-4,11,13H,5-10,12H2,1-2H3,(H,19,23)(H,20,24)/t13-/m1/s1. The summed E-state index contributed by atoms with van der Waals surface area (Å²) in [6.45, 7) is 6.43. The van der Waals surface area contributed by atoms with Crippen molar-refractivity contribution in [1.82, 2.24) is 15.1 Å². The fraction of sp³-hybridized carbons (Fsp3) is 0.556. The van der Waals surface area contributed by atoms with Crippen LogP contribution < -0.4 is 20.1 Å². The monoisotopic (exact) mass is 362 g/mol. The van der Waals surface area contributed by atoms with E-state index < -0.39 is 0 Å². The molecule has 1 aromatic carbocycles. The van der Waals surface area contributed by atoms with Gasteiger partial charge in [-0.25, -0.2) is 0 Å². The third-order valence-corrected chi connectivity index (χ3v) is 4.79. The molecule has 2 N–H and O–H groups in total. The van der Waals surface area contributed by atoms with Crippen molar-refractivity contribution < 1.29 is 19.1 Å². The Morgan fingerprint density at radius 2 is 1.81 bits per heavy atom. The summed E-state index contributed by atoms with van der Waals surface area (Å²) in [6, 6.07) is 5.18. The Labute approximate surface area is 153 Å². The van der Waals surface area contributed by atoms with Crippen molar-refractivity contribution >= 4 is 17.5 Å². The largest absolute Gasteiger partial charge is 0.486 e. The molecule has 0 saturated carbocycles. The average Bonchev–Trinajstić information content (AvgIpc) is 2.67. The number of anilines is 1. The van der Waals surface area contributed by atoms with Crippen LogP contribution in [0.5, 0.6) is 11.5 Å². The van der Waals surface area contributed by atoms with Gasteiger partial charge >= 0.3 is 0 Å². The highest BCUT2D eigenvalue weighted by Crippen LogP contribution is 2.32. The molecule has 2 aliphatic rings. The zero-order chi connectivity index (χ0) is 18.5. The number of nitrogens with zero attached hydrogens (tertiary/aromatic N) is 2. The van der Waals surface area contributed by atoms with E-state index in [4.69, 9.17) is 9.47 Å². The molecule has 2 amide bonds. The lowest BCUT2D eigenvalue weighted by Gasteiger charge is -2.37. The lowest BCUT2D eigenvalue weighted by atomic mass is 10.2. The normalized spacial score (nSPS) is 18.8. The van der Waals surface area contributed by atoms with Gasteiger partial charge in [-0.1, -0.05) is 0 Å². The van der Waals surface area contributed by atoms with Crippen molar-refractivity contribution in [2.45, 2.75) is 13.0 Å². The second-order valence-corrected chi connectivity index (χ2v) is 6.51. The highest BCUT2D eigenvalue weighted by molar-refractivity contribution is 5.94. The molecule has 8 nitrogen and oxygen atoms in total. The highest BCUT2D eigenvalue weighted by Gasteiger charge is 2.26. The fourth-order valence-electron chi connectivity index (χ4n) is 3.12. The minimum absolute atomic E-state index is 0.0165. The summed E-state index contributed by atoms with van der Waals surface area (Å²) < 4.78 is 11.0. The third kappa shape index (κ3) is 4.44.